The first-order valence-corrected chi connectivity index (χ1v) is 10.7. The van der Waals surface area contributed by atoms with Crippen LogP contribution in [0.5, 0.6) is 0 Å². The van der Waals surface area contributed by atoms with Gasteiger partial charge in [-0.3, -0.25) is 9.20 Å². The molecular weight excluding hydrogens is 397 g/mol. The number of carbonyl (C=O) groups excluding carboxylic acids is 1. The van der Waals surface area contributed by atoms with Crippen molar-refractivity contribution in [1.82, 2.24) is 24.2 Å². The topological polar surface area (TPSA) is 96.7 Å². The van der Waals surface area contributed by atoms with E-state index in [0.29, 0.717) is 13.1 Å². The molecule has 1 aliphatic rings. The van der Waals surface area contributed by atoms with Crippen LogP contribution >= 0.6 is 0 Å². The van der Waals surface area contributed by atoms with Crippen LogP contribution in [0.4, 0.5) is 4.39 Å². The van der Waals surface area contributed by atoms with Gasteiger partial charge >= 0.3 is 0 Å². The number of nitrogens with zero attached hydrogens (tertiary/aromatic N) is 4. The molecule has 0 saturated carbocycles. The molecule has 1 atom stereocenters. The first-order chi connectivity index (χ1) is 13.9. The summed E-state index contributed by atoms with van der Waals surface area (Å²) >= 11 is 0. The highest BCUT2D eigenvalue weighted by atomic mass is 32.2. The van der Waals surface area contributed by atoms with Crippen molar-refractivity contribution in [2.24, 2.45) is 0 Å². The quantitative estimate of drug-likeness (QED) is 0.680. The minimum absolute atomic E-state index is 0.0267. The van der Waals surface area contributed by atoms with Crippen molar-refractivity contribution in [3.63, 3.8) is 0 Å². The van der Waals surface area contributed by atoms with Crippen LogP contribution in [-0.2, 0) is 14.8 Å². The number of hydrogen-bond donors (Lipinski definition) is 1. The molecule has 3 aromatic rings. The second kappa shape index (κ2) is 7.88. The predicted molar refractivity (Wildman–Crippen MR) is 103 cm³/mol. The van der Waals surface area contributed by atoms with Gasteiger partial charge in [0, 0.05) is 25.2 Å². The van der Waals surface area contributed by atoms with Crippen molar-refractivity contribution >= 4 is 21.6 Å². The number of amides is 1. The molecule has 1 aromatic carbocycles. The van der Waals surface area contributed by atoms with E-state index in [-0.39, 0.29) is 23.3 Å². The molecule has 152 valence electrons. The van der Waals surface area contributed by atoms with Crippen LogP contribution in [0.25, 0.3) is 5.65 Å². The number of likely N-dealkylation sites (tertiary alicyclic amines) is 1. The Hall–Kier alpha value is -2.85. The van der Waals surface area contributed by atoms with E-state index in [1.807, 2.05) is 28.8 Å². The molecule has 8 nitrogen and oxygen atoms in total. The third-order valence-electron chi connectivity index (χ3n) is 5.02. The third kappa shape index (κ3) is 4.13. The van der Waals surface area contributed by atoms with E-state index in [1.165, 1.54) is 0 Å². The van der Waals surface area contributed by atoms with Gasteiger partial charge in [-0.25, -0.2) is 17.5 Å². The lowest BCUT2D eigenvalue weighted by atomic mass is 9.97. The lowest BCUT2D eigenvalue weighted by molar-refractivity contribution is -0.131. The molecule has 10 heteroatoms. The number of nitrogens with one attached hydrogen (secondary N) is 1. The number of fused-ring (bicyclic) bond motifs is 1. The van der Waals surface area contributed by atoms with Crippen LogP contribution in [0.15, 0.2) is 53.6 Å². The number of hydrogen-bond acceptors (Lipinski definition) is 5. The molecule has 1 saturated heterocycles. The molecule has 0 bridgehead atoms. The smallest absolute Gasteiger partial charge is 0.241 e. The van der Waals surface area contributed by atoms with Gasteiger partial charge in [0.05, 0.1) is 11.4 Å². The van der Waals surface area contributed by atoms with E-state index in [4.69, 9.17) is 0 Å². The van der Waals surface area contributed by atoms with E-state index in [0.717, 1.165) is 48.6 Å². The summed E-state index contributed by atoms with van der Waals surface area (Å²) in [5.41, 5.74) is 0.748. The minimum Gasteiger partial charge on any atom is -0.341 e. The second-order valence-electron chi connectivity index (χ2n) is 6.94. The zero-order valence-corrected chi connectivity index (χ0v) is 16.3. The number of benzene rings is 1. The molecule has 0 unspecified atom stereocenters. The summed E-state index contributed by atoms with van der Waals surface area (Å²) in [6, 6.07) is 10.1. The number of carbonyl (C=O) groups is 1. The standard InChI is InChI=1S/C19H20FN5O3S/c20-15-6-8-16(9-7-15)29(27,28)21-12-18(26)24-10-3-4-14(13-24)19-23-22-17-5-1-2-11-25(17)19/h1-2,5-9,11,14,21H,3-4,10,12-13H2/t14-/m1/s1. The first kappa shape index (κ1) is 19.5. The Labute approximate surface area is 167 Å². The summed E-state index contributed by atoms with van der Waals surface area (Å²) < 4.78 is 41.8. The highest BCUT2D eigenvalue weighted by molar-refractivity contribution is 7.89. The number of aromatic nitrogens is 3. The molecule has 1 amide bonds. The van der Waals surface area contributed by atoms with E-state index in [2.05, 4.69) is 14.9 Å². The summed E-state index contributed by atoms with van der Waals surface area (Å²) in [5, 5.41) is 8.44. The molecule has 2 aromatic heterocycles. The molecule has 1 aliphatic heterocycles. The van der Waals surface area contributed by atoms with Crippen molar-refractivity contribution < 1.29 is 17.6 Å². The van der Waals surface area contributed by atoms with Gasteiger partial charge in [0.15, 0.2) is 5.65 Å². The number of rotatable bonds is 5. The second-order valence-corrected chi connectivity index (χ2v) is 8.71. The number of pyridine rings is 1. The Bertz CT molecular complexity index is 1130. The molecule has 1 N–H and O–H groups in total. The fourth-order valence-electron chi connectivity index (χ4n) is 3.52. The lowest BCUT2D eigenvalue weighted by Crippen LogP contribution is -2.44. The average Bonchev–Trinajstić information content (AvgIpc) is 3.17. The van der Waals surface area contributed by atoms with Gasteiger partial charge in [-0.15, -0.1) is 10.2 Å². The fraction of sp³-hybridized carbons (Fsp3) is 0.316. The molecule has 0 aliphatic carbocycles. The maximum absolute atomic E-state index is 13.0. The van der Waals surface area contributed by atoms with E-state index in [1.54, 1.807) is 4.90 Å². The molecule has 3 heterocycles. The van der Waals surface area contributed by atoms with E-state index >= 15 is 0 Å². The molecule has 29 heavy (non-hydrogen) atoms. The van der Waals surface area contributed by atoms with Crippen molar-refractivity contribution in [3.05, 3.63) is 60.3 Å². The Morgan fingerprint density at radius 1 is 1.17 bits per heavy atom. The summed E-state index contributed by atoms with van der Waals surface area (Å²) in [5.74, 6) is -0.0154. The lowest BCUT2D eigenvalue weighted by Gasteiger charge is -2.32. The van der Waals surface area contributed by atoms with Gasteiger partial charge in [0.2, 0.25) is 15.9 Å². The van der Waals surface area contributed by atoms with Crippen molar-refractivity contribution in [2.75, 3.05) is 19.6 Å². The fourth-order valence-corrected chi connectivity index (χ4v) is 4.49. The molecular formula is C19H20FN5O3S. The minimum atomic E-state index is -3.89. The van der Waals surface area contributed by atoms with Gasteiger partial charge in [0.1, 0.15) is 11.6 Å². The molecule has 0 radical (unpaired) electrons. The SMILES string of the molecule is O=C(CNS(=O)(=O)c1ccc(F)cc1)N1CCC[C@@H](c2nnc3ccccn23)C1. The van der Waals surface area contributed by atoms with Gasteiger partial charge in [-0.05, 0) is 49.2 Å². The molecule has 0 spiro atoms. The maximum atomic E-state index is 13.0. The summed E-state index contributed by atoms with van der Waals surface area (Å²) in [6.07, 6.45) is 3.56. The third-order valence-corrected chi connectivity index (χ3v) is 6.43. The van der Waals surface area contributed by atoms with Crippen molar-refractivity contribution in [1.29, 1.82) is 0 Å². The van der Waals surface area contributed by atoms with Gasteiger partial charge in [-0.1, -0.05) is 6.07 Å². The van der Waals surface area contributed by atoms with Crippen LogP contribution in [0.3, 0.4) is 0 Å². The van der Waals surface area contributed by atoms with Crippen molar-refractivity contribution in [3.8, 4) is 0 Å². The van der Waals surface area contributed by atoms with Crippen LogP contribution in [0, 0.1) is 5.82 Å². The van der Waals surface area contributed by atoms with E-state index in [9.17, 15) is 17.6 Å². The van der Waals surface area contributed by atoms with Gasteiger partial charge in [0.25, 0.3) is 0 Å². The zero-order chi connectivity index (χ0) is 20.4. The Balaban J connectivity index is 1.42. The number of halogens is 1. The van der Waals surface area contributed by atoms with Crippen LogP contribution in [0.1, 0.15) is 24.6 Å². The van der Waals surface area contributed by atoms with E-state index < -0.39 is 15.8 Å². The van der Waals surface area contributed by atoms with Gasteiger partial charge < -0.3 is 4.90 Å². The zero-order valence-electron chi connectivity index (χ0n) is 15.5. The average molecular weight is 417 g/mol. The predicted octanol–water partition coefficient (Wildman–Crippen LogP) is 1.55. The summed E-state index contributed by atoms with van der Waals surface area (Å²) in [7, 11) is -3.89. The number of piperidine rings is 1. The Kier molecular flexibility index (Phi) is 5.29. The highest BCUT2D eigenvalue weighted by Crippen LogP contribution is 2.26. The number of sulfonamides is 1. The van der Waals surface area contributed by atoms with Crippen molar-refractivity contribution in [2.45, 2.75) is 23.7 Å². The summed E-state index contributed by atoms with van der Waals surface area (Å²) in [4.78, 5) is 14.2. The van der Waals surface area contributed by atoms with Gasteiger partial charge in [-0.2, -0.15) is 0 Å². The monoisotopic (exact) mass is 417 g/mol. The molecule has 1 fully saturated rings. The largest absolute Gasteiger partial charge is 0.341 e. The van der Waals surface area contributed by atoms with Crippen LogP contribution in [0.2, 0.25) is 0 Å². The Morgan fingerprint density at radius 3 is 2.76 bits per heavy atom. The normalized spacial score (nSPS) is 17.6. The summed E-state index contributed by atoms with van der Waals surface area (Å²) in [6.45, 7) is 0.657. The van der Waals surface area contributed by atoms with Crippen LogP contribution in [-0.4, -0.2) is 53.5 Å². The molecule has 4 rings (SSSR count). The Morgan fingerprint density at radius 2 is 1.97 bits per heavy atom. The van der Waals surface area contributed by atoms with Crippen LogP contribution < -0.4 is 4.72 Å². The maximum Gasteiger partial charge on any atom is 0.241 e. The highest BCUT2D eigenvalue weighted by Gasteiger charge is 2.28. The first-order valence-electron chi connectivity index (χ1n) is 9.27.